The first kappa shape index (κ1) is 14.3. The van der Waals surface area contributed by atoms with E-state index in [2.05, 4.69) is 0 Å². The first-order chi connectivity index (χ1) is 9.00. The number of sulfonamides is 1. The number of nitrogens with zero attached hydrogens (tertiary/aromatic N) is 1. The topological polar surface area (TPSA) is 72.6 Å². The predicted octanol–water partition coefficient (Wildman–Crippen LogP) is 1.12. The lowest BCUT2D eigenvalue weighted by molar-refractivity contribution is 0.392. The summed E-state index contributed by atoms with van der Waals surface area (Å²) < 4.78 is 31.8. The highest BCUT2D eigenvalue weighted by molar-refractivity contribution is 7.89. The van der Waals surface area contributed by atoms with E-state index in [1.807, 2.05) is 6.92 Å². The van der Waals surface area contributed by atoms with Crippen molar-refractivity contribution in [3.63, 3.8) is 0 Å². The van der Waals surface area contributed by atoms with Crippen molar-refractivity contribution >= 4 is 10.0 Å². The van der Waals surface area contributed by atoms with Crippen molar-refractivity contribution in [1.29, 1.82) is 0 Å². The third-order valence-electron chi connectivity index (χ3n) is 3.57. The molecule has 0 amide bonds. The Morgan fingerprint density at radius 1 is 1.47 bits per heavy atom. The van der Waals surface area contributed by atoms with Crippen LogP contribution in [0.5, 0.6) is 5.75 Å². The summed E-state index contributed by atoms with van der Waals surface area (Å²) in [4.78, 5) is 0.311. The molecule has 0 radical (unpaired) electrons. The molecule has 5 nitrogen and oxygen atoms in total. The molecular weight excluding hydrogens is 264 g/mol. The Balaban J connectivity index is 2.37. The fourth-order valence-corrected chi connectivity index (χ4v) is 4.30. The molecule has 1 aromatic rings. The molecule has 0 bridgehead atoms. The summed E-state index contributed by atoms with van der Waals surface area (Å²) in [5.74, 6) is 0.691. The molecular formula is C13H20N2O3S. The second kappa shape index (κ2) is 5.48. The number of benzene rings is 1. The minimum Gasteiger partial charge on any atom is -0.496 e. The molecule has 1 aliphatic heterocycles. The van der Waals surface area contributed by atoms with E-state index in [4.69, 9.17) is 10.5 Å². The van der Waals surface area contributed by atoms with Gasteiger partial charge in [-0.15, -0.1) is 0 Å². The molecule has 0 saturated carbocycles. The van der Waals surface area contributed by atoms with Crippen LogP contribution in [0.4, 0.5) is 0 Å². The number of nitrogens with two attached hydrogens (primary N) is 1. The first-order valence-corrected chi connectivity index (χ1v) is 7.81. The Hall–Kier alpha value is -1.11. The van der Waals surface area contributed by atoms with Gasteiger partial charge in [0.2, 0.25) is 10.0 Å². The van der Waals surface area contributed by atoms with Gasteiger partial charge in [-0.05, 0) is 43.5 Å². The number of hydrogen-bond acceptors (Lipinski definition) is 4. The fourth-order valence-electron chi connectivity index (χ4n) is 2.51. The van der Waals surface area contributed by atoms with Gasteiger partial charge < -0.3 is 10.5 Å². The maximum atomic E-state index is 12.6. The SMILES string of the molecule is COc1ccc(S(=O)(=O)N2CCCC2CN)cc1C. The Morgan fingerprint density at radius 3 is 2.79 bits per heavy atom. The summed E-state index contributed by atoms with van der Waals surface area (Å²) >= 11 is 0. The lowest BCUT2D eigenvalue weighted by Gasteiger charge is -2.23. The predicted molar refractivity (Wildman–Crippen MR) is 73.7 cm³/mol. The molecule has 1 fully saturated rings. The summed E-state index contributed by atoms with van der Waals surface area (Å²) in [6.07, 6.45) is 1.71. The van der Waals surface area contributed by atoms with Crippen LogP contribution < -0.4 is 10.5 Å². The number of rotatable bonds is 4. The van der Waals surface area contributed by atoms with Gasteiger partial charge in [0.25, 0.3) is 0 Å². The van der Waals surface area contributed by atoms with E-state index in [-0.39, 0.29) is 6.04 Å². The molecule has 0 aliphatic carbocycles. The lowest BCUT2D eigenvalue weighted by atomic mass is 10.2. The molecule has 6 heteroatoms. The Kier molecular flexibility index (Phi) is 4.13. The number of ether oxygens (including phenoxy) is 1. The van der Waals surface area contributed by atoms with Crippen LogP contribution in [0.1, 0.15) is 18.4 Å². The number of aryl methyl sites for hydroxylation is 1. The monoisotopic (exact) mass is 284 g/mol. The molecule has 19 heavy (non-hydrogen) atoms. The van der Waals surface area contributed by atoms with Gasteiger partial charge in [0.05, 0.1) is 12.0 Å². The largest absolute Gasteiger partial charge is 0.496 e. The Bertz CT molecular complexity index is 557. The molecule has 0 spiro atoms. The van der Waals surface area contributed by atoms with Crippen molar-refractivity contribution in [2.45, 2.75) is 30.7 Å². The Labute approximate surface area is 114 Å². The van der Waals surface area contributed by atoms with Gasteiger partial charge in [0, 0.05) is 19.1 Å². The molecule has 106 valence electrons. The van der Waals surface area contributed by atoms with Crippen LogP contribution >= 0.6 is 0 Å². The molecule has 1 unspecified atom stereocenters. The maximum Gasteiger partial charge on any atom is 0.243 e. The number of hydrogen-bond donors (Lipinski definition) is 1. The van der Waals surface area contributed by atoms with Crippen LogP contribution in [-0.2, 0) is 10.0 Å². The minimum absolute atomic E-state index is 0.0765. The van der Waals surface area contributed by atoms with Crippen molar-refractivity contribution < 1.29 is 13.2 Å². The van der Waals surface area contributed by atoms with E-state index < -0.39 is 10.0 Å². The summed E-state index contributed by atoms with van der Waals surface area (Å²) in [5, 5.41) is 0. The number of methoxy groups -OCH3 is 1. The Morgan fingerprint density at radius 2 is 2.21 bits per heavy atom. The molecule has 1 heterocycles. The zero-order chi connectivity index (χ0) is 14.0. The van der Waals surface area contributed by atoms with Crippen LogP contribution in [0, 0.1) is 6.92 Å². The highest BCUT2D eigenvalue weighted by Crippen LogP contribution is 2.28. The normalized spacial score (nSPS) is 20.7. The van der Waals surface area contributed by atoms with Crippen molar-refractivity contribution in [3.8, 4) is 5.75 Å². The van der Waals surface area contributed by atoms with E-state index >= 15 is 0 Å². The fraction of sp³-hybridized carbons (Fsp3) is 0.538. The van der Waals surface area contributed by atoms with Gasteiger partial charge in [-0.3, -0.25) is 0 Å². The van der Waals surface area contributed by atoms with Gasteiger partial charge in [-0.1, -0.05) is 0 Å². The molecule has 2 N–H and O–H groups in total. The summed E-state index contributed by atoms with van der Waals surface area (Å²) in [7, 11) is -1.88. The highest BCUT2D eigenvalue weighted by Gasteiger charge is 2.34. The van der Waals surface area contributed by atoms with Crippen molar-refractivity contribution in [2.75, 3.05) is 20.2 Å². The van der Waals surface area contributed by atoms with Crippen LogP contribution in [0.2, 0.25) is 0 Å². The molecule has 1 aromatic carbocycles. The summed E-state index contributed by atoms with van der Waals surface area (Å²) in [6.45, 7) is 2.76. The van der Waals surface area contributed by atoms with E-state index in [1.54, 1.807) is 25.3 Å². The second-order valence-electron chi connectivity index (χ2n) is 4.78. The van der Waals surface area contributed by atoms with Crippen molar-refractivity contribution in [2.24, 2.45) is 5.73 Å². The molecule has 0 aromatic heterocycles. The highest BCUT2D eigenvalue weighted by atomic mass is 32.2. The second-order valence-corrected chi connectivity index (χ2v) is 6.67. The quantitative estimate of drug-likeness (QED) is 0.899. The average Bonchev–Trinajstić information content (AvgIpc) is 2.87. The third kappa shape index (κ3) is 2.61. The van der Waals surface area contributed by atoms with Crippen LogP contribution in [0.15, 0.2) is 23.1 Å². The van der Waals surface area contributed by atoms with E-state index in [1.165, 1.54) is 4.31 Å². The van der Waals surface area contributed by atoms with Gasteiger partial charge in [-0.25, -0.2) is 8.42 Å². The van der Waals surface area contributed by atoms with Crippen molar-refractivity contribution in [3.05, 3.63) is 23.8 Å². The molecule has 2 rings (SSSR count). The van der Waals surface area contributed by atoms with Crippen molar-refractivity contribution in [1.82, 2.24) is 4.31 Å². The van der Waals surface area contributed by atoms with Crippen LogP contribution in [0.25, 0.3) is 0 Å². The molecule has 1 saturated heterocycles. The summed E-state index contributed by atoms with van der Waals surface area (Å²) in [5.41, 5.74) is 6.46. The summed E-state index contributed by atoms with van der Waals surface area (Å²) in [6, 6.07) is 4.86. The van der Waals surface area contributed by atoms with Crippen LogP contribution in [0.3, 0.4) is 0 Å². The minimum atomic E-state index is -3.45. The third-order valence-corrected chi connectivity index (χ3v) is 5.52. The van der Waals surface area contributed by atoms with Gasteiger partial charge in [-0.2, -0.15) is 4.31 Å². The van der Waals surface area contributed by atoms with E-state index in [0.29, 0.717) is 23.7 Å². The van der Waals surface area contributed by atoms with Crippen LogP contribution in [-0.4, -0.2) is 39.0 Å². The molecule has 1 atom stereocenters. The molecule has 1 aliphatic rings. The van der Waals surface area contributed by atoms with Gasteiger partial charge in [0.15, 0.2) is 0 Å². The zero-order valence-electron chi connectivity index (χ0n) is 11.3. The average molecular weight is 284 g/mol. The van der Waals surface area contributed by atoms with Gasteiger partial charge >= 0.3 is 0 Å². The maximum absolute atomic E-state index is 12.6. The van der Waals surface area contributed by atoms with E-state index in [9.17, 15) is 8.42 Å². The van der Waals surface area contributed by atoms with E-state index in [0.717, 1.165) is 18.4 Å². The lowest BCUT2D eigenvalue weighted by Crippen LogP contribution is -2.39. The van der Waals surface area contributed by atoms with Gasteiger partial charge in [0.1, 0.15) is 5.75 Å². The first-order valence-electron chi connectivity index (χ1n) is 6.37. The zero-order valence-corrected chi connectivity index (χ0v) is 12.1. The smallest absolute Gasteiger partial charge is 0.243 e. The standard InChI is InChI=1S/C13H20N2O3S/c1-10-8-12(5-6-13(10)18-2)19(16,17)15-7-3-4-11(15)9-14/h5-6,8,11H,3-4,7,9,14H2,1-2H3.